The van der Waals surface area contributed by atoms with E-state index in [1.807, 2.05) is 53.7 Å². The van der Waals surface area contributed by atoms with Crippen molar-refractivity contribution >= 4 is 17.1 Å². The smallest absolute Gasteiger partial charge is 0.359 e. The van der Waals surface area contributed by atoms with Crippen molar-refractivity contribution in [1.82, 2.24) is 4.98 Å². The Hall–Kier alpha value is -4.33. The van der Waals surface area contributed by atoms with E-state index in [4.69, 9.17) is 18.6 Å². The zero-order valence-electron chi connectivity index (χ0n) is 25.7. The first-order valence-corrected chi connectivity index (χ1v) is 13.8. The highest BCUT2D eigenvalue weighted by atomic mass is 16.5. The van der Waals surface area contributed by atoms with Crippen LogP contribution in [0.15, 0.2) is 63.8 Å². The van der Waals surface area contributed by atoms with Gasteiger partial charge in [-0.2, -0.15) is 0 Å². The molecular formula is C34H39NO7. The van der Waals surface area contributed by atoms with E-state index in [-0.39, 0.29) is 11.4 Å². The Labute approximate surface area is 246 Å². The minimum Gasteiger partial charge on any atom is -0.507 e. The van der Waals surface area contributed by atoms with Gasteiger partial charge in [0.1, 0.15) is 34.4 Å². The van der Waals surface area contributed by atoms with Gasteiger partial charge in [-0.05, 0) is 57.3 Å². The van der Waals surface area contributed by atoms with Crippen molar-refractivity contribution in [1.29, 1.82) is 0 Å². The van der Waals surface area contributed by atoms with Gasteiger partial charge in [-0.15, -0.1) is 0 Å². The molecule has 0 fully saturated rings. The van der Waals surface area contributed by atoms with Crippen molar-refractivity contribution in [2.45, 2.75) is 64.2 Å². The average Bonchev–Trinajstić information content (AvgIpc) is 2.94. The van der Waals surface area contributed by atoms with Gasteiger partial charge >= 0.3 is 11.6 Å². The molecule has 8 nitrogen and oxygen atoms in total. The van der Waals surface area contributed by atoms with Crippen LogP contribution in [-0.2, 0) is 20.4 Å². The molecule has 42 heavy (non-hydrogen) atoms. The third-order valence-corrected chi connectivity index (χ3v) is 7.44. The normalized spacial score (nSPS) is 13.5. The monoisotopic (exact) mass is 573 g/mol. The Balaban J connectivity index is 2.16. The average molecular weight is 574 g/mol. The van der Waals surface area contributed by atoms with Crippen molar-refractivity contribution in [3.8, 4) is 17.2 Å². The molecule has 4 rings (SSSR count). The first-order chi connectivity index (χ1) is 19.7. The summed E-state index contributed by atoms with van der Waals surface area (Å²) < 4.78 is 22.1. The number of esters is 1. The number of rotatable bonds is 7. The maximum atomic E-state index is 13.8. The van der Waals surface area contributed by atoms with Crippen LogP contribution in [0.4, 0.5) is 0 Å². The first-order valence-electron chi connectivity index (χ1n) is 13.8. The number of carbonyl (C=O) groups excluding carboxylic acids is 1. The van der Waals surface area contributed by atoms with Crippen LogP contribution in [0.25, 0.3) is 11.1 Å². The molecule has 0 aliphatic rings. The van der Waals surface area contributed by atoms with Crippen LogP contribution in [0.2, 0.25) is 0 Å². The summed E-state index contributed by atoms with van der Waals surface area (Å²) >= 11 is 0. The van der Waals surface area contributed by atoms with Crippen molar-refractivity contribution in [3.05, 3.63) is 93.0 Å². The molecule has 0 bridgehead atoms. The SMILES string of the molecule is COC(=O)C(c1nc2ccccc2oc1=O)C(c1cc(OC)cc(OC)c1)c1cc(C(C)(C)C)c(O)c(C(C)(C)C)c1. The van der Waals surface area contributed by atoms with Crippen LogP contribution in [0.1, 0.15) is 81.3 Å². The van der Waals surface area contributed by atoms with Gasteiger partial charge in [0.05, 0.1) is 21.3 Å². The standard InChI is InChI=1S/C34H39NO7/c1-33(2,3)23-16-20(17-24(30(23)36)34(4,5)6)27(19-14-21(39-7)18-22(15-19)40-8)28(31(37)41-9)29-32(38)42-26-13-11-10-12-25(26)35-29/h10-18,27-28,36H,1-9H3. The van der Waals surface area contributed by atoms with Crippen molar-refractivity contribution < 1.29 is 28.5 Å². The Morgan fingerprint density at radius 3 is 1.86 bits per heavy atom. The van der Waals surface area contributed by atoms with E-state index >= 15 is 0 Å². The Kier molecular flexibility index (Phi) is 8.39. The number of methoxy groups -OCH3 is 3. The summed E-state index contributed by atoms with van der Waals surface area (Å²) in [6.45, 7) is 12.1. The molecule has 2 atom stereocenters. The predicted molar refractivity (Wildman–Crippen MR) is 162 cm³/mol. The lowest BCUT2D eigenvalue weighted by molar-refractivity contribution is -0.143. The molecular weight excluding hydrogens is 534 g/mol. The molecule has 0 aliphatic heterocycles. The highest BCUT2D eigenvalue weighted by molar-refractivity contribution is 5.81. The van der Waals surface area contributed by atoms with E-state index in [0.29, 0.717) is 44.9 Å². The van der Waals surface area contributed by atoms with E-state index in [0.717, 1.165) is 0 Å². The van der Waals surface area contributed by atoms with E-state index in [1.165, 1.54) is 7.11 Å². The van der Waals surface area contributed by atoms with Gasteiger partial charge in [-0.25, -0.2) is 9.78 Å². The van der Waals surface area contributed by atoms with E-state index in [2.05, 4.69) is 4.98 Å². The van der Waals surface area contributed by atoms with Crippen molar-refractivity contribution in [3.63, 3.8) is 0 Å². The number of phenols is 1. The summed E-state index contributed by atoms with van der Waals surface area (Å²) in [6.07, 6.45) is 0. The summed E-state index contributed by atoms with van der Waals surface area (Å²) in [6, 6.07) is 16.0. The number of nitrogens with zero attached hydrogens (tertiary/aromatic N) is 1. The van der Waals surface area contributed by atoms with Crippen LogP contribution in [-0.4, -0.2) is 37.4 Å². The molecule has 4 aromatic rings. The number of fused-ring (bicyclic) bond motifs is 1. The molecule has 8 heteroatoms. The van der Waals surface area contributed by atoms with Gasteiger partial charge in [-0.3, -0.25) is 4.79 Å². The quantitative estimate of drug-likeness (QED) is 0.247. The van der Waals surface area contributed by atoms with Gasteiger partial charge in [0, 0.05) is 12.0 Å². The molecule has 0 saturated carbocycles. The van der Waals surface area contributed by atoms with E-state index in [9.17, 15) is 14.7 Å². The minimum atomic E-state index is -1.21. The molecule has 1 heterocycles. The van der Waals surface area contributed by atoms with Crippen LogP contribution >= 0.6 is 0 Å². The summed E-state index contributed by atoms with van der Waals surface area (Å²) in [5, 5.41) is 11.5. The number of carbonyl (C=O) groups is 1. The third-order valence-electron chi connectivity index (χ3n) is 7.44. The van der Waals surface area contributed by atoms with Gasteiger partial charge in [0.25, 0.3) is 0 Å². The maximum absolute atomic E-state index is 13.8. The van der Waals surface area contributed by atoms with Gasteiger partial charge in [-0.1, -0.05) is 65.8 Å². The molecule has 0 spiro atoms. The molecule has 0 radical (unpaired) electrons. The van der Waals surface area contributed by atoms with Crippen LogP contribution in [0.3, 0.4) is 0 Å². The fourth-order valence-corrected chi connectivity index (χ4v) is 5.26. The molecule has 3 aromatic carbocycles. The summed E-state index contributed by atoms with van der Waals surface area (Å²) in [5.41, 5.74) is 1.73. The highest BCUT2D eigenvalue weighted by Crippen LogP contribution is 2.46. The lowest BCUT2D eigenvalue weighted by atomic mass is 9.73. The Morgan fingerprint density at radius 2 is 1.36 bits per heavy atom. The fourth-order valence-electron chi connectivity index (χ4n) is 5.26. The zero-order valence-corrected chi connectivity index (χ0v) is 25.7. The molecule has 0 aliphatic carbocycles. The number of hydrogen-bond acceptors (Lipinski definition) is 8. The topological polar surface area (TPSA) is 108 Å². The van der Waals surface area contributed by atoms with Gasteiger partial charge < -0.3 is 23.7 Å². The van der Waals surface area contributed by atoms with Crippen molar-refractivity contribution in [2.24, 2.45) is 0 Å². The highest BCUT2D eigenvalue weighted by Gasteiger charge is 2.39. The number of benzene rings is 3. The van der Waals surface area contributed by atoms with Crippen molar-refractivity contribution in [2.75, 3.05) is 21.3 Å². The zero-order chi connectivity index (χ0) is 31.0. The van der Waals surface area contributed by atoms with Crippen LogP contribution < -0.4 is 15.1 Å². The largest absolute Gasteiger partial charge is 0.507 e. The molecule has 1 aromatic heterocycles. The maximum Gasteiger partial charge on any atom is 0.359 e. The molecule has 222 valence electrons. The number of phenolic OH excluding ortho intramolecular Hbond substituents is 1. The molecule has 1 N–H and O–H groups in total. The Morgan fingerprint density at radius 1 is 0.833 bits per heavy atom. The van der Waals surface area contributed by atoms with E-state index < -0.39 is 34.3 Å². The molecule has 2 unspecified atom stereocenters. The van der Waals surface area contributed by atoms with Gasteiger partial charge in [0.2, 0.25) is 0 Å². The summed E-state index contributed by atoms with van der Waals surface area (Å²) in [5.74, 6) is -1.48. The number of aromatic hydroxyl groups is 1. The summed E-state index contributed by atoms with van der Waals surface area (Å²) in [4.78, 5) is 31.9. The number of ether oxygens (including phenoxy) is 3. The van der Waals surface area contributed by atoms with Gasteiger partial charge in [0.15, 0.2) is 5.58 Å². The summed E-state index contributed by atoms with van der Waals surface area (Å²) in [7, 11) is 4.36. The predicted octanol–water partition coefficient (Wildman–Crippen LogP) is 6.59. The van der Waals surface area contributed by atoms with Crippen LogP contribution in [0, 0.1) is 0 Å². The number of aromatic nitrogens is 1. The first kappa shape index (κ1) is 30.6. The number of hydrogen-bond donors (Lipinski definition) is 1. The second-order valence-electron chi connectivity index (χ2n) is 12.4. The third kappa shape index (κ3) is 5.98. The second kappa shape index (κ2) is 11.5. The minimum absolute atomic E-state index is 0.0879. The van der Waals surface area contributed by atoms with E-state index in [1.54, 1.807) is 56.7 Å². The van der Waals surface area contributed by atoms with Crippen LogP contribution in [0.5, 0.6) is 17.2 Å². The Bertz CT molecular complexity index is 1620. The molecule has 0 amide bonds. The fraction of sp³-hybridized carbons (Fsp3) is 0.382. The lowest BCUT2D eigenvalue weighted by Crippen LogP contribution is -2.29. The number of para-hydroxylation sites is 2. The molecule has 0 saturated heterocycles. The lowest BCUT2D eigenvalue weighted by Gasteiger charge is -2.32. The second-order valence-corrected chi connectivity index (χ2v) is 12.4.